The molecular formula is C12H17N3O6. The monoisotopic (exact) mass is 299 g/mol. The lowest BCUT2D eigenvalue weighted by Crippen LogP contribution is -2.41. The van der Waals surface area contributed by atoms with Crippen LogP contribution in [0.15, 0.2) is 21.9 Å². The molecule has 0 saturated heterocycles. The number of nitrogens with zero attached hydrogens (tertiary/aromatic N) is 2. The Morgan fingerprint density at radius 3 is 2.67 bits per heavy atom. The maximum absolute atomic E-state index is 11.7. The highest BCUT2D eigenvalue weighted by atomic mass is 16.5. The molecule has 2 N–H and O–H groups in total. The highest BCUT2D eigenvalue weighted by molar-refractivity contribution is 5.75. The Kier molecular flexibility index (Phi) is 5.85. The second-order valence-electron chi connectivity index (χ2n) is 4.38. The molecule has 1 unspecified atom stereocenters. The number of ether oxygens (including phenoxy) is 1. The van der Waals surface area contributed by atoms with Gasteiger partial charge in [-0.25, -0.2) is 4.79 Å². The summed E-state index contributed by atoms with van der Waals surface area (Å²) < 4.78 is 6.87. The van der Waals surface area contributed by atoms with Crippen molar-refractivity contribution in [2.24, 2.45) is 7.05 Å². The average Bonchev–Trinajstić information content (AvgIpc) is 2.43. The molecular weight excluding hydrogens is 282 g/mol. The zero-order valence-electron chi connectivity index (χ0n) is 11.7. The molecule has 9 heteroatoms. The lowest BCUT2D eigenvalue weighted by Gasteiger charge is -2.14. The van der Waals surface area contributed by atoms with Crippen molar-refractivity contribution in [1.82, 2.24) is 14.5 Å². The summed E-state index contributed by atoms with van der Waals surface area (Å²) in [7, 11) is 2.66. The van der Waals surface area contributed by atoms with Crippen molar-refractivity contribution in [2.45, 2.75) is 19.1 Å². The molecule has 0 aromatic carbocycles. The summed E-state index contributed by atoms with van der Waals surface area (Å²) in [6, 6.07) is 1.18. The molecule has 116 valence electrons. The molecule has 1 aromatic heterocycles. The summed E-state index contributed by atoms with van der Waals surface area (Å²) in [4.78, 5) is 45.2. The summed E-state index contributed by atoms with van der Waals surface area (Å²) in [6.07, 6.45) is 0.342. The minimum absolute atomic E-state index is 0.0160. The number of carboxylic acids is 1. The van der Waals surface area contributed by atoms with E-state index in [0.29, 0.717) is 0 Å². The Bertz CT molecular complexity index is 633. The van der Waals surface area contributed by atoms with Crippen LogP contribution in [0.1, 0.15) is 6.42 Å². The van der Waals surface area contributed by atoms with Gasteiger partial charge in [-0.15, -0.1) is 0 Å². The Morgan fingerprint density at radius 1 is 1.43 bits per heavy atom. The molecule has 9 nitrogen and oxygen atoms in total. The van der Waals surface area contributed by atoms with Gasteiger partial charge in [0.15, 0.2) is 0 Å². The summed E-state index contributed by atoms with van der Waals surface area (Å²) in [6.45, 7) is -0.251. The van der Waals surface area contributed by atoms with E-state index >= 15 is 0 Å². The van der Waals surface area contributed by atoms with Crippen molar-refractivity contribution >= 4 is 11.9 Å². The first kappa shape index (κ1) is 16.6. The first-order valence-electron chi connectivity index (χ1n) is 6.13. The number of aliphatic carboxylic acids is 1. The van der Waals surface area contributed by atoms with Crippen LogP contribution in [0.4, 0.5) is 0 Å². The summed E-state index contributed by atoms with van der Waals surface area (Å²) in [5.41, 5.74) is -1.07. The second kappa shape index (κ2) is 7.39. The van der Waals surface area contributed by atoms with E-state index in [1.807, 2.05) is 0 Å². The van der Waals surface area contributed by atoms with Crippen LogP contribution in [0.3, 0.4) is 0 Å². The fourth-order valence-corrected chi connectivity index (χ4v) is 1.61. The standard InChI is InChI=1S/C12H17N3O6/c1-14-10(17)3-4-15(12(14)20)7-9(16)13-6-8(21-2)5-11(18)19/h3-4,8H,5-7H2,1-2H3,(H,13,16)(H,18,19). The molecule has 0 bridgehead atoms. The van der Waals surface area contributed by atoms with Crippen LogP contribution in [-0.4, -0.2) is 45.9 Å². The number of methoxy groups -OCH3 is 1. The van der Waals surface area contributed by atoms with Crippen molar-refractivity contribution in [1.29, 1.82) is 0 Å². The zero-order valence-corrected chi connectivity index (χ0v) is 11.7. The van der Waals surface area contributed by atoms with Gasteiger partial charge in [-0.1, -0.05) is 0 Å². The highest BCUT2D eigenvalue weighted by Crippen LogP contribution is 1.95. The lowest BCUT2D eigenvalue weighted by molar-refractivity contribution is -0.140. The normalized spacial score (nSPS) is 11.9. The van der Waals surface area contributed by atoms with Gasteiger partial charge in [-0.2, -0.15) is 0 Å². The average molecular weight is 299 g/mol. The summed E-state index contributed by atoms with van der Waals surface area (Å²) in [5, 5.41) is 11.1. The Hall–Kier alpha value is -2.42. The van der Waals surface area contributed by atoms with E-state index in [9.17, 15) is 19.2 Å². The number of carbonyl (C=O) groups is 2. The maximum Gasteiger partial charge on any atom is 0.331 e. The van der Waals surface area contributed by atoms with Gasteiger partial charge in [0.25, 0.3) is 5.56 Å². The lowest BCUT2D eigenvalue weighted by atomic mass is 10.2. The highest BCUT2D eigenvalue weighted by Gasteiger charge is 2.14. The molecule has 21 heavy (non-hydrogen) atoms. The smallest absolute Gasteiger partial charge is 0.331 e. The first-order chi connectivity index (χ1) is 9.85. The fourth-order valence-electron chi connectivity index (χ4n) is 1.61. The molecule has 1 heterocycles. The van der Waals surface area contributed by atoms with Crippen molar-refractivity contribution in [3.8, 4) is 0 Å². The quantitative estimate of drug-likeness (QED) is 0.610. The van der Waals surface area contributed by atoms with Gasteiger partial charge in [0.05, 0.1) is 12.5 Å². The SMILES string of the molecule is COC(CNC(=O)Cn1ccc(=O)n(C)c1=O)CC(=O)O. The molecule has 0 aliphatic rings. The largest absolute Gasteiger partial charge is 0.481 e. The molecule has 1 atom stereocenters. The third-order valence-electron chi connectivity index (χ3n) is 2.84. The molecule has 1 aromatic rings. The van der Waals surface area contributed by atoms with Crippen LogP contribution in [0.25, 0.3) is 0 Å². The zero-order chi connectivity index (χ0) is 16.0. The molecule has 1 amide bonds. The maximum atomic E-state index is 11.7. The predicted molar refractivity (Wildman–Crippen MR) is 72.0 cm³/mol. The minimum Gasteiger partial charge on any atom is -0.481 e. The Morgan fingerprint density at radius 2 is 2.10 bits per heavy atom. The molecule has 0 spiro atoms. The third-order valence-corrected chi connectivity index (χ3v) is 2.84. The number of aromatic nitrogens is 2. The van der Waals surface area contributed by atoms with E-state index in [1.165, 1.54) is 26.4 Å². The van der Waals surface area contributed by atoms with E-state index in [1.54, 1.807) is 0 Å². The minimum atomic E-state index is -1.04. The third kappa shape index (κ3) is 4.88. The van der Waals surface area contributed by atoms with Crippen LogP contribution < -0.4 is 16.6 Å². The van der Waals surface area contributed by atoms with Gasteiger partial charge in [-0.05, 0) is 0 Å². The molecule has 1 rings (SSSR count). The molecule has 0 aliphatic carbocycles. The van der Waals surface area contributed by atoms with Gasteiger partial charge >= 0.3 is 11.7 Å². The van der Waals surface area contributed by atoms with Gasteiger partial charge < -0.3 is 15.2 Å². The van der Waals surface area contributed by atoms with E-state index in [0.717, 1.165) is 9.13 Å². The van der Waals surface area contributed by atoms with Gasteiger partial charge in [-0.3, -0.25) is 23.5 Å². The molecule has 0 aliphatic heterocycles. The van der Waals surface area contributed by atoms with E-state index in [-0.39, 0.29) is 19.5 Å². The van der Waals surface area contributed by atoms with E-state index in [4.69, 9.17) is 9.84 Å². The number of rotatable bonds is 7. The number of hydrogen-bond donors (Lipinski definition) is 2. The number of amides is 1. The topological polar surface area (TPSA) is 120 Å². The van der Waals surface area contributed by atoms with Crippen LogP contribution in [0, 0.1) is 0 Å². The van der Waals surface area contributed by atoms with Crippen molar-refractivity contribution in [2.75, 3.05) is 13.7 Å². The number of carboxylic acid groups (broad SMARTS) is 1. The van der Waals surface area contributed by atoms with Gasteiger partial charge in [0.2, 0.25) is 5.91 Å². The van der Waals surface area contributed by atoms with Crippen molar-refractivity contribution in [3.63, 3.8) is 0 Å². The van der Waals surface area contributed by atoms with Gasteiger partial charge in [0.1, 0.15) is 6.54 Å². The summed E-state index contributed by atoms with van der Waals surface area (Å²) >= 11 is 0. The first-order valence-corrected chi connectivity index (χ1v) is 6.13. The van der Waals surface area contributed by atoms with Crippen LogP contribution >= 0.6 is 0 Å². The Labute approximate surface area is 119 Å². The molecule has 0 fully saturated rings. The van der Waals surface area contributed by atoms with Crippen molar-refractivity contribution in [3.05, 3.63) is 33.1 Å². The Balaban J connectivity index is 2.62. The molecule has 0 radical (unpaired) electrons. The van der Waals surface area contributed by atoms with Crippen LogP contribution in [0.2, 0.25) is 0 Å². The summed E-state index contributed by atoms with van der Waals surface area (Å²) in [5.74, 6) is -1.52. The second-order valence-corrected chi connectivity index (χ2v) is 4.38. The van der Waals surface area contributed by atoms with E-state index < -0.39 is 29.2 Å². The fraction of sp³-hybridized carbons (Fsp3) is 0.500. The van der Waals surface area contributed by atoms with Crippen LogP contribution in [0.5, 0.6) is 0 Å². The van der Waals surface area contributed by atoms with E-state index in [2.05, 4.69) is 5.32 Å². The number of hydrogen-bond acceptors (Lipinski definition) is 5. The predicted octanol–water partition coefficient (Wildman–Crippen LogP) is -1.85. The van der Waals surface area contributed by atoms with Gasteiger partial charge in [0, 0.05) is 33.0 Å². The number of nitrogens with one attached hydrogen (secondary N) is 1. The van der Waals surface area contributed by atoms with Crippen LogP contribution in [-0.2, 0) is 27.9 Å². The van der Waals surface area contributed by atoms with Crippen molar-refractivity contribution < 1.29 is 19.4 Å². The molecule has 0 saturated carbocycles. The number of carbonyl (C=O) groups excluding carboxylic acids is 1.